The first-order valence-corrected chi connectivity index (χ1v) is 7.23. The highest BCUT2D eigenvalue weighted by molar-refractivity contribution is 9.10. The van der Waals surface area contributed by atoms with Crippen LogP contribution in [0.5, 0.6) is 0 Å². The monoisotopic (exact) mass is 344 g/mol. The van der Waals surface area contributed by atoms with Crippen molar-refractivity contribution in [3.05, 3.63) is 32.3 Å². The molecule has 1 aromatic carbocycles. The summed E-state index contributed by atoms with van der Waals surface area (Å²) < 4.78 is 5.81. The first-order chi connectivity index (χ1) is 9.26. The minimum Gasteiger partial charge on any atom is -0.385 e. The number of methoxy groups -OCH3 is 1. The SMILES string of the molecule is COCCC(C)(C)CNc1cc(C)c([N+](=O)[O-])cc1Br. The Morgan fingerprint density at radius 2 is 2.10 bits per heavy atom. The quantitative estimate of drug-likeness (QED) is 0.596. The molecule has 0 aliphatic rings. The standard InChI is InChI=1S/C14H21BrN2O3/c1-10-7-12(11(15)8-13(10)17(18)19)16-9-14(2,3)5-6-20-4/h7-8,16H,5-6,9H2,1-4H3. The van der Waals surface area contributed by atoms with E-state index in [9.17, 15) is 10.1 Å². The number of anilines is 1. The van der Waals surface area contributed by atoms with Crippen LogP contribution >= 0.6 is 15.9 Å². The summed E-state index contributed by atoms with van der Waals surface area (Å²) in [6.45, 7) is 7.55. The van der Waals surface area contributed by atoms with Crippen LogP contribution in [0.2, 0.25) is 0 Å². The maximum Gasteiger partial charge on any atom is 0.273 e. The average Bonchev–Trinajstić information content (AvgIpc) is 2.36. The predicted molar refractivity (Wildman–Crippen MR) is 84.3 cm³/mol. The van der Waals surface area contributed by atoms with E-state index in [1.807, 2.05) is 0 Å². The number of nitro benzene ring substituents is 1. The fourth-order valence-corrected chi connectivity index (χ4v) is 2.28. The van der Waals surface area contributed by atoms with Crippen LogP contribution < -0.4 is 5.32 Å². The summed E-state index contributed by atoms with van der Waals surface area (Å²) >= 11 is 3.38. The van der Waals surface area contributed by atoms with Crippen molar-refractivity contribution in [1.82, 2.24) is 0 Å². The number of aryl methyl sites for hydroxylation is 1. The van der Waals surface area contributed by atoms with Crippen molar-refractivity contribution in [3.8, 4) is 0 Å². The van der Waals surface area contributed by atoms with Gasteiger partial charge < -0.3 is 10.1 Å². The molecule has 0 amide bonds. The molecule has 0 aromatic heterocycles. The van der Waals surface area contributed by atoms with Crippen LogP contribution in [0, 0.1) is 22.5 Å². The molecule has 0 spiro atoms. The van der Waals surface area contributed by atoms with Crippen LogP contribution in [0.15, 0.2) is 16.6 Å². The van der Waals surface area contributed by atoms with Gasteiger partial charge in [0, 0.05) is 42.1 Å². The molecule has 0 heterocycles. The Morgan fingerprint density at radius 1 is 1.45 bits per heavy atom. The molecule has 0 bridgehead atoms. The van der Waals surface area contributed by atoms with Gasteiger partial charge in [-0.3, -0.25) is 10.1 Å². The summed E-state index contributed by atoms with van der Waals surface area (Å²) in [5, 5.41) is 14.2. The molecular formula is C14H21BrN2O3. The molecule has 6 heteroatoms. The molecule has 1 N–H and O–H groups in total. The van der Waals surface area contributed by atoms with Crippen LogP contribution in [0.25, 0.3) is 0 Å². The summed E-state index contributed by atoms with van der Waals surface area (Å²) in [5.41, 5.74) is 1.74. The highest BCUT2D eigenvalue weighted by atomic mass is 79.9. The van der Waals surface area contributed by atoms with Crippen molar-refractivity contribution in [2.75, 3.05) is 25.6 Å². The lowest BCUT2D eigenvalue weighted by Crippen LogP contribution is -2.24. The third-order valence-corrected chi connectivity index (χ3v) is 3.88. The number of hydrogen-bond donors (Lipinski definition) is 1. The lowest BCUT2D eigenvalue weighted by atomic mass is 9.89. The zero-order chi connectivity index (χ0) is 15.3. The van der Waals surface area contributed by atoms with Crippen LogP contribution in [0.4, 0.5) is 11.4 Å². The summed E-state index contributed by atoms with van der Waals surface area (Å²) in [6, 6.07) is 3.34. The molecule has 0 saturated carbocycles. The summed E-state index contributed by atoms with van der Waals surface area (Å²) in [6.07, 6.45) is 0.945. The highest BCUT2D eigenvalue weighted by Crippen LogP contribution is 2.31. The zero-order valence-electron chi connectivity index (χ0n) is 12.3. The molecule has 0 aliphatic carbocycles. The van der Waals surface area contributed by atoms with Gasteiger partial charge in [0.15, 0.2) is 0 Å². The molecule has 20 heavy (non-hydrogen) atoms. The van der Waals surface area contributed by atoms with Crippen molar-refractivity contribution in [3.63, 3.8) is 0 Å². The molecule has 0 radical (unpaired) electrons. The number of nitrogens with one attached hydrogen (secondary N) is 1. The molecule has 112 valence electrons. The van der Waals surface area contributed by atoms with Crippen LogP contribution in [0.3, 0.4) is 0 Å². The van der Waals surface area contributed by atoms with Crippen molar-refractivity contribution >= 4 is 27.3 Å². The summed E-state index contributed by atoms with van der Waals surface area (Å²) in [7, 11) is 1.69. The molecule has 1 rings (SSSR count). The van der Waals surface area contributed by atoms with Crippen molar-refractivity contribution in [1.29, 1.82) is 0 Å². The van der Waals surface area contributed by atoms with E-state index in [4.69, 9.17) is 4.74 Å². The Hall–Kier alpha value is -1.14. The zero-order valence-corrected chi connectivity index (χ0v) is 13.9. The van der Waals surface area contributed by atoms with E-state index in [0.29, 0.717) is 10.0 Å². The Balaban J connectivity index is 2.79. The van der Waals surface area contributed by atoms with Crippen molar-refractivity contribution < 1.29 is 9.66 Å². The maximum atomic E-state index is 10.9. The number of benzene rings is 1. The van der Waals surface area contributed by atoms with Gasteiger partial charge in [-0.1, -0.05) is 13.8 Å². The van der Waals surface area contributed by atoms with Crippen LogP contribution in [-0.2, 0) is 4.74 Å². The Bertz CT molecular complexity index is 490. The number of nitrogens with zero attached hydrogens (tertiary/aromatic N) is 1. The lowest BCUT2D eigenvalue weighted by Gasteiger charge is -2.25. The molecule has 1 aromatic rings. The third-order valence-electron chi connectivity index (χ3n) is 3.22. The van der Waals surface area contributed by atoms with Gasteiger partial charge in [-0.2, -0.15) is 0 Å². The van der Waals surface area contributed by atoms with Crippen molar-refractivity contribution in [2.24, 2.45) is 5.41 Å². The van der Waals surface area contributed by atoms with E-state index in [1.165, 1.54) is 0 Å². The van der Waals surface area contributed by atoms with E-state index in [2.05, 4.69) is 35.1 Å². The van der Waals surface area contributed by atoms with Gasteiger partial charge in [0.1, 0.15) is 0 Å². The Labute approximate surface area is 128 Å². The van der Waals surface area contributed by atoms with Crippen LogP contribution in [0.1, 0.15) is 25.8 Å². The van der Waals surface area contributed by atoms with Gasteiger partial charge in [0.05, 0.1) is 4.92 Å². The highest BCUT2D eigenvalue weighted by Gasteiger charge is 2.19. The second-order valence-corrected chi connectivity index (χ2v) is 6.49. The summed E-state index contributed by atoms with van der Waals surface area (Å²) in [5.74, 6) is 0. The topological polar surface area (TPSA) is 64.4 Å². The number of ether oxygens (including phenoxy) is 1. The van der Waals surface area contributed by atoms with Crippen molar-refractivity contribution in [2.45, 2.75) is 27.2 Å². The average molecular weight is 345 g/mol. The van der Waals surface area contributed by atoms with Gasteiger partial charge in [0.2, 0.25) is 0 Å². The normalized spacial score (nSPS) is 11.4. The smallest absolute Gasteiger partial charge is 0.273 e. The number of hydrogen-bond acceptors (Lipinski definition) is 4. The summed E-state index contributed by atoms with van der Waals surface area (Å²) in [4.78, 5) is 10.5. The largest absolute Gasteiger partial charge is 0.385 e. The molecular weight excluding hydrogens is 324 g/mol. The Kier molecular flexibility index (Phi) is 5.95. The van der Waals surface area contributed by atoms with Gasteiger partial charge >= 0.3 is 0 Å². The lowest BCUT2D eigenvalue weighted by molar-refractivity contribution is -0.385. The van der Waals surface area contributed by atoms with E-state index in [1.54, 1.807) is 26.2 Å². The fraction of sp³-hybridized carbons (Fsp3) is 0.571. The van der Waals surface area contributed by atoms with Gasteiger partial charge in [-0.15, -0.1) is 0 Å². The minimum absolute atomic E-state index is 0.0884. The fourth-order valence-electron chi connectivity index (χ4n) is 1.80. The Morgan fingerprint density at radius 3 is 2.65 bits per heavy atom. The second-order valence-electron chi connectivity index (χ2n) is 5.64. The third kappa shape index (κ3) is 4.76. The van der Waals surface area contributed by atoms with Crippen LogP contribution in [-0.4, -0.2) is 25.2 Å². The number of rotatable bonds is 7. The van der Waals surface area contributed by atoms with E-state index in [0.717, 1.165) is 25.3 Å². The molecule has 0 atom stereocenters. The molecule has 0 unspecified atom stereocenters. The first kappa shape index (κ1) is 16.9. The number of nitro groups is 1. The maximum absolute atomic E-state index is 10.9. The van der Waals surface area contributed by atoms with E-state index in [-0.39, 0.29) is 16.0 Å². The molecule has 0 aliphatic heterocycles. The molecule has 0 fully saturated rings. The number of halogens is 1. The predicted octanol–water partition coefficient (Wildman–Crippen LogP) is 4.14. The molecule has 0 saturated heterocycles. The van der Waals surface area contributed by atoms with E-state index >= 15 is 0 Å². The second kappa shape index (κ2) is 7.04. The van der Waals surface area contributed by atoms with Gasteiger partial charge in [-0.05, 0) is 40.8 Å². The minimum atomic E-state index is -0.369. The molecule has 5 nitrogen and oxygen atoms in total. The van der Waals surface area contributed by atoms with E-state index < -0.39 is 0 Å². The van der Waals surface area contributed by atoms with Gasteiger partial charge in [-0.25, -0.2) is 0 Å². The first-order valence-electron chi connectivity index (χ1n) is 6.44. The van der Waals surface area contributed by atoms with Gasteiger partial charge in [0.25, 0.3) is 5.69 Å².